The molecule has 0 unspecified atom stereocenters. The number of ether oxygens (including phenoxy) is 3. The number of anilines is 1. The molecule has 4 rings (SSSR count). The second-order valence-corrected chi connectivity index (χ2v) is 12.0. The fraction of sp³-hybridized carbons (Fsp3) is 0.308. The number of carbonyl (C=O) groups is 4. The Hall–Kier alpha value is -5.72. The second-order valence-electron chi connectivity index (χ2n) is 12.0. The van der Waals surface area contributed by atoms with Crippen molar-refractivity contribution in [2.24, 2.45) is 0 Å². The van der Waals surface area contributed by atoms with E-state index in [2.05, 4.69) is 10.3 Å². The molecule has 0 aliphatic heterocycles. The van der Waals surface area contributed by atoms with Crippen LogP contribution < -0.4 is 14.8 Å². The normalized spacial score (nSPS) is 11.1. The Morgan fingerprint density at radius 3 is 2.23 bits per heavy atom. The Bertz CT molecular complexity index is 1930. The number of benzene rings is 3. The van der Waals surface area contributed by atoms with Crippen LogP contribution in [0.15, 0.2) is 66.7 Å². The van der Waals surface area contributed by atoms with E-state index in [1.807, 2.05) is 6.92 Å². The Balaban J connectivity index is 1.51. The smallest absolute Gasteiger partial charge is 0.416 e. The first-order valence-corrected chi connectivity index (χ1v) is 16.6. The van der Waals surface area contributed by atoms with Crippen LogP contribution in [0.4, 0.5) is 18.9 Å². The maximum absolute atomic E-state index is 13.6. The first-order valence-electron chi connectivity index (χ1n) is 16.6. The number of aryl methyl sites for hydroxylation is 3. The lowest BCUT2D eigenvalue weighted by atomic mass is 10.0. The highest BCUT2D eigenvalue weighted by molar-refractivity contribution is 6.11. The maximum atomic E-state index is 13.6. The molecular formula is C39H40F3N3O7. The van der Waals surface area contributed by atoms with E-state index in [1.165, 1.54) is 36.3 Å². The number of hydrogen-bond donors (Lipinski definition) is 1. The number of methoxy groups -OCH3 is 1. The molecule has 3 aromatic carbocycles. The minimum absolute atomic E-state index is 0.0362. The number of carbonyl (C=O) groups excluding carboxylic acids is 4. The number of hydrogen-bond acceptors (Lipinski definition) is 8. The second kappa shape index (κ2) is 17.0. The van der Waals surface area contributed by atoms with Crippen molar-refractivity contribution in [2.75, 3.05) is 33.1 Å². The van der Waals surface area contributed by atoms with Crippen LogP contribution in [0.3, 0.4) is 0 Å². The Morgan fingerprint density at radius 2 is 1.62 bits per heavy atom. The standard InChI is InChI=1S/C39H40F3N3O7/c1-7-25-21-27(38(49)51-8-2)22-32(50-6)35(25)52-33(46)11-9-10-24-13-19-31(30(20-24)37(48)45(4)5)44-36(47)29-18-12-23(3)43-34(29)26-14-16-28(17-15-26)39(40,41)42/h12-22H,7-11H2,1-6H3,(H,44,47). The van der Waals surface area contributed by atoms with Crippen LogP contribution in [-0.2, 0) is 28.5 Å². The highest BCUT2D eigenvalue weighted by atomic mass is 19.4. The molecule has 4 aromatic rings. The summed E-state index contributed by atoms with van der Waals surface area (Å²) in [4.78, 5) is 57.8. The number of rotatable bonds is 13. The summed E-state index contributed by atoms with van der Waals surface area (Å²) in [5.41, 5.74) is 2.38. The van der Waals surface area contributed by atoms with Crippen molar-refractivity contribution in [1.82, 2.24) is 9.88 Å². The number of aromatic nitrogens is 1. The third-order valence-corrected chi connectivity index (χ3v) is 8.04. The Labute approximate surface area is 299 Å². The van der Waals surface area contributed by atoms with Gasteiger partial charge in [-0.3, -0.25) is 19.4 Å². The number of pyridine rings is 1. The first kappa shape index (κ1) is 39.1. The van der Waals surface area contributed by atoms with Crippen molar-refractivity contribution in [1.29, 1.82) is 0 Å². The van der Waals surface area contributed by atoms with Gasteiger partial charge in [0.05, 0.1) is 47.4 Å². The van der Waals surface area contributed by atoms with Gasteiger partial charge in [-0.05, 0) is 92.8 Å². The minimum Gasteiger partial charge on any atom is -0.493 e. The number of nitrogens with one attached hydrogen (secondary N) is 1. The van der Waals surface area contributed by atoms with E-state index in [9.17, 15) is 32.3 Å². The molecule has 0 radical (unpaired) electrons. The van der Waals surface area contributed by atoms with Gasteiger partial charge in [0.1, 0.15) is 0 Å². The van der Waals surface area contributed by atoms with E-state index < -0.39 is 29.6 Å². The molecule has 0 aliphatic carbocycles. The van der Waals surface area contributed by atoms with Crippen molar-refractivity contribution in [3.8, 4) is 22.8 Å². The van der Waals surface area contributed by atoms with Crippen LogP contribution in [0.5, 0.6) is 11.5 Å². The molecule has 1 heterocycles. The summed E-state index contributed by atoms with van der Waals surface area (Å²) < 4.78 is 55.7. The lowest BCUT2D eigenvalue weighted by Crippen LogP contribution is -2.24. The van der Waals surface area contributed by atoms with E-state index in [4.69, 9.17) is 14.2 Å². The van der Waals surface area contributed by atoms with Crippen LogP contribution in [0, 0.1) is 6.92 Å². The maximum Gasteiger partial charge on any atom is 0.416 e. The van der Waals surface area contributed by atoms with Crippen LogP contribution in [0.25, 0.3) is 11.3 Å². The molecule has 52 heavy (non-hydrogen) atoms. The number of amides is 2. The lowest BCUT2D eigenvalue weighted by Gasteiger charge is -2.17. The summed E-state index contributed by atoms with van der Waals surface area (Å²) in [6.45, 7) is 5.47. The number of alkyl halides is 3. The molecule has 0 atom stereocenters. The summed E-state index contributed by atoms with van der Waals surface area (Å²) in [7, 11) is 4.55. The van der Waals surface area contributed by atoms with E-state index in [0.717, 1.165) is 17.7 Å². The van der Waals surface area contributed by atoms with E-state index >= 15 is 0 Å². The molecule has 274 valence electrons. The van der Waals surface area contributed by atoms with Gasteiger partial charge in [0, 0.05) is 31.8 Å². The molecule has 13 heteroatoms. The van der Waals surface area contributed by atoms with Gasteiger partial charge in [-0.1, -0.05) is 25.1 Å². The van der Waals surface area contributed by atoms with Crippen LogP contribution in [-0.4, -0.2) is 61.4 Å². The van der Waals surface area contributed by atoms with Gasteiger partial charge in [0.25, 0.3) is 11.8 Å². The van der Waals surface area contributed by atoms with Gasteiger partial charge in [-0.15, -0.1) is 0 Å². The predicted octanol–water partition coefficient (Wildman–Crippen LogP) is 7.71. The quantitative estimate of drug-likeness (QED) is 0.110. The molecule has 0 bridgehead atoms. The van der Waals surface area contributed by atoms with Gasteiger partial charge < -0.3 is 24.4 Å². The Morgan fingerprint density at radius 1 is 0.904 bits per heavy atom. The minimum atomic E-state index is -4.52. The van der Waals surface area contributed by atoms with Crippen LogP contribution in [0.2, 0.25) is 0 Å². The highest BCUT2D eigenvalue weighted by Crippen LogP contribution is 2.35. The topological polar surface area (TPSA) is 124 Å². The molecule has 0 spiro atoms. The fourth-order valence-electron chi connectivity index (χ4n) is 5.36. The summed E-state index contributed by atoms with van der Waals surface area (Å²) in [6, 6.07) is 15.5. The monoisotopic (exact) mass is 719 g/mol. The largest absolute Gasteiger partial charge is 0.493 e. The molecule has 1 aromatic heterocycles. The molecule has 0 saturated carbocycles. The molecule has 0 saturated heterocycles. The molecule has 2 amide bonds. The molecular weight excluding hydrogens is 679 g/mol. The van der Waals surface area contributed by atoms with Gasteiger partial charge in [0.2, 0.25) is 0 Å². The summed E-state index contributed by atoms with van der Waals surface area (Å²) in [5.74, 6) is -1.56. The van der Waals surface area contributed by atoms with Crippen LogP contribution >= 0.6 is 0 Å². The van der Waals surface area contributed by atoms with E-state index in [0.29, 0.717) is 36.1 Å². The van der Waals surface area contributed by atoms with Crippen molar-refractivity contribution in [2.45, 2.75) is 52.6 Å². The fourth-order valence-corrected chi connectivity index (χ4v) is 5.36. The third-order valence-electron chi connectivity index (χ3n) is 8.04. The lowest BCUT2D eigenvalue weighted by molar-refractivity contribution is -0.137. The SMILES string of the molecule is CCOC(=O)c1cc(CC)c(OC(=O)CCCc2ccc(NC(=O)c3ccc(C)nc3-c3ccc(C(F)(F)F)cc3)c(C(=O)N(C)C)c2)c(OC)c1. The van der Waals surface area contributed by atoms with Crippen LogP contribution in [0.1, 0.15) is 80.1 Å². The first-order chi connectivity index (χ1) is 24.7. The van der Waals surface area contributed by atoms with Crippen molar-refractivity contribution < 1.29 is 46.6 Å². The van der Waals surface area contributed by atoms with Crippen molar-refractivity contribution in [3.63, 3.8) is 0 Å². The average Bonchev–Trinajstić information content (AvgIpc) is 3.11. The zero-order valence-corrected chi connectivity index (χ0v) is 29.8. The van der Waals surface area contributed by atoms with Crippen molar-refractivity contribution >= 4 is 29.4 Å². The third kappa shape index (κ3) is 9.53. The van der Waals surface area contributed by atoms with Gasteiger partial charge in [-0.2, -0.15) is 13.2 Å². The molecule has 10 nitrogen and oxygen atoms in total. The number of nitrogens with zero attached hydrogens (tertiary/aromatic N) is 2. The molecule has 0 aliphatic rings. The number of halogens is 3. The zero-order chi connectivity index (χ0) is 38.2. The average molecular weight is 720 g/mol. The van der Waals surface area contributed by atoms with Gasteiger partial charge >= 0.3 is 18.1 Å². The molecule has 1 N–H and O–H groups in total. The van der Waals surface area contributed by atoms with E-state index in [1.54, 1.807) is 58.3 Å². The number of esters is 2. The van der Waals surface area contributed by atoms with E-state index in [-0.39, 0.29) is 58.5 Å². The van der Waals surface area contributed by atoms with Gasteiger partial charge in [0.15, 0.2) is 11.5 Å². The zero-order valence-electron chi connectivity index (χ0n) is 29.8. The predicted molar refractivity (Wildman–Crippen MR) is 189 cm³/mol. The summed E-state index contributed by atoms with van der Waals surface area (Å²) in [6.07, 6.45) is -3.24. The Kier molecular flexibility index (Phi) is 12.8. The summed E-state index contributed by atoms with van der Waals surface area (Å²) >= 11 is 0. The summed E-state index contributed by atoms with van der Waals surface area (Å²) in [5, 5.41) is 2.77. The van der Waals surface area contributed by atoms with Gasteiger partial charge in [-0.25, -0.2) is 4.79 Å². The molecule has 0 fully saturated rings. The van der Waals surface area contributed by atoms with Crippen molar-refractivity contribution in [3.05, 3.63) is 106 Å². The highest BCUT2D eigenvalue weighted by Gasteiger charge is 2.30.